The number of nitrogens with zero attached hydrogens (tertiary/aromatic N) is 2. The first-order valence-corrected chi connectivity index (χ1v) is 9.84. The first-order chi connectivity index (χ1) is 13.9. The smallest absolute Gasteiger partial charge is 0.287 e. The number of hydrogen-bond acceptors (Lipinski definition) is 2. The van der Waals surface area contributed by atoms with E-state index in [2.05, 4.69) is 56.1 Å². The van der Waals surface area contributed by atoms with Gasteiger partial charge in [-0.25, -0.2) is 8.96 Å². The number of rotatable bonds is 2. The molecule has 0 radical (unpaired) electrons. The largest absolute Gasteiger partial charge is 0.455 e. The minimum atomic E-state index is -0.295. The van der Waals surface area contributed by atoms with Crippen molar-refractivity contribution in [1.29, 1.82) is 0 Å². The second kappa shape index (κ2) is 6.38. The Bertz CT molecular complexity index is 1420. The molecule has 3 nitrogen and oxygen atoms in total. The molecule has 2 aromatic heterocycles. The van der Waals surface area contributed by atoms with E-state index in [1.165, 1.54) is 17.7 Å². The van der Waals surface area contributed by atoms with Gasteiger partial charge in [0.05, 0.1) is 18.0 Å². The van der Waals surface area contributed by atoms with E-state index in [1.54, 1.807) is 6.07 Å². The molecule has 5 aromatic rings. The van der Waals surface area contributed by atoms with Gasteiger partial charge in [0.25, 0.3) is 6.33 Å². The molecule has 0 saturated carbocycles. The van der Waals surface area contributed by atoms with Crippen LogP contribution in [0.5, 0.6) is 0 Å². The van der Waals surface area contributed by atoms with Crippen molar-refractivity contribution >= 4 is 32.8 Å². The quantitative estimate of drug-likeness (QED) is 0.339. The van der Waals surface area contributed by atoms with E-state index in [0.29, 0.717) is 11.5 Å². The highest BCUT2D eigenvalue weighted by atomic mass is 19.1. The number of halogens is 1. The van der Waals surface area contributed by atoms with Gasteiger partial charge in [-0.2, -0.15) is 0 Å². The summed E-state index contributed by atoms with van der Waals surface area (Å²) in [5, 5.41) is 2.98. The van der Waals surface area contributed by atoms with Gasteiger partial charge in [0.2, 0.25) is 0 Å². The van der Waals surface area contributed by atoms with Gasteiger partial charge in [-0.15, -0.1) is 0 Å². The Kier molecular flexibility index (Phi) is 3.91. The molecule has 3 aromatic carbocycles. The van der Waals surface area contributed by atoms with Crippen LogP contribution in [-0.4, -0.2) is 4.98 Å². The van der Waals surface area contributed by atoms with Crippen molar-refractivity contribution < 1.29 is 13.4 Å². The van der Waals surface area contributed by atoms with Gasteiger partial charge in [-0.1, -0.05) is 32.0 Å². The normalized spacial score (nSPS) is 11.9. The number of hydrogen-bond donors (Lipinski definition) is 0. The Morgan fingerprint density at radius 2 is 1.72 bits per heavy atom. The van der Waals surface area contributed by atoms with Crippen molar-refractivity contribution in [3.8, 4) is 11.3 Å². The van der Waals surface area contributed by atoms with Crippen molar-refractivity contribution in [2.24, 2.45) is 7.05 Å². The average molecular weight is 385 g/mol. The molecule has 0 fully saturated rings. The first kappa shape index (κ1) is 17.8. The molecule has 2 heterocycles. The highest BCUT2D eigenvalue weighted by Crippen LogP contribution is 2.39. The maximum Gasteiger partial charge on any atom is 0.287 e. The van der Waals surface area contributed by atoms with E-state index in [-0.39, 0.29) is 5.82 Å². The number of aryl methyl sites for hydroxylation is 2. The summed E-state index contributed by atoms with van der Waals surface area (Å²) in [5.74, 6) is 0.144. The van der Waals surface area contributed by atoms with Crippen LogP contribution in [0.3, 0.4) is 0 Å². The molecule has 29 heavy (non-hydrogen) atoms. The number of benzene rings is 3. The lowest BCUT2D eigenvalue weighted by atomic mass is 9.96. The van der Waals surface area contributed by atoms with Crippen LogP contribution in [0.1, 0.15) is 30.9 Å². The third-order valence-electron chi connectivity index (χ3n) is 5.71. The molecule has 0 aliphatic rings. The highest BCUT2D eigenvalue weighted by molar-refractivity contribution is 6.11. The van der Waals surface area contributed by atoms with Crippen molar-refractivity contribution in [2.45, 2.75) is 26.7 Å². The summed E-state index contributed by atoms with van der Waals surface area (Å²) in [6.07, 6.45) is 1.85. The van der Waals surface area contributed by atoms with E-state index in [1.807, 2.05) is 17.9 Å². The Labute approximate surface area is 168 Å². The molecule has 0 bridgehead atoms. The van der Waals surface area contributed by atoms with Gasteiger partial charge in [0, 0.05) is 16.8 Å². The Morgan fingerprint density at radius 1 is 0.966 bits per heavy atom. The van der Waals surface area contributed by atoms with Gasteiger partial charge in [-0.05, 0) is 53.2 Å². The topological polar surface area (TPSA) is 29.9 Å². The van der Waals surface area contributed by atoms with Crippen LogP contribution < -0.4 is 4.57 Å². The van der Waals surface area contributed by atoms with Gasteiger partial charge in [-0.3, -0.25) is 0 Å². The summed E-state index contributed by atoms with van der Waals surface area (Å²) in [6, 6.07) is 15.3. The van der Waals surface area contributed by atoms with Crippen LogP contribution in [0, 0.1) is 12.7 Å². The molecule has 0 aliphatic carbocycles. The second-order valence-corrected chi connectivity index (χ2v) is 8.01. The summed E-state index contributed by atoms with van der Waals surface area (Å²) in [5.41, 5.74) is 6.74. The molecule has 0 unspecified atom stereocenters. The first-order valence-electron chi connectivity index (χ1n) is 9.84. The summed E-state index contributed by atoms with van der Waals surface area (Å²) in [4.78, 5) is 4.66. The molecule has 0 aliphatic heterocycles. The molecule has 4 heteroatoms. The third kappa shape index (κ3) is 2.70. The number of furan rings is 1. The van der Waals surface area contributed by atoms with Gasteiger partial charge < -0.3 is 4.42 Å². The van der Waals surface area contributed by atoms with E-state index in [9.17, 15) is 4.39 Å². The standard InChI is InChI=1S/C25H22FN2O/c1-14(2)16-6-9-20-21(11-16)27-13-28(4)24(20)23-15(3)5-8-19-18-10-7-17(26)12-22(18)29-25(19)23/h5-14H,1-4H3/q+1. The highest BCUT2D eigenvalue weighted by Gasteiger charge is 2.23. The minimum absolute atomic E-state index is 0.295. The summed E-state index contributed by atoms with van der Waals surface area (Å²) in [6.45, 7) is 6.45. The minimum Gasteiger partial charge on any atom is -0.455 e. The zero-order valence-corrected chi connectivity index (χ0v) is 17.0. The van der Waals surface area contributed by atoms with Crippen LogP contribution >= 0.6 is 0 Å². The Balaban J connectivity index is 1.90. The van der Waals surface area contributed by atoms with Crippen LogP contribution in [0.15, 0.2) is 59.3 Å². The molecule has 5 rings (SSSR count). The molecule has 0 N–H and O–H groups in total. The van der Waals surface area contributed by atoms with E-state index in [0.717, 1.165) is 44.1 Å². The maximum absolute atomic E-state index is 13.8. The van der Waals surface area contributed by atoms with Gasteiger partial charge in [0.1, 0.15) is 22.7 Å². The number of fused-ring (bicyclic) bond motifs is 4. The predicted molar refractivity (Wildman–Crippen MR) is 114 cm³/mol. The molecular formula is C25H22FN2O+. The fraction of sp³-hybridized carbons (Fsp3) is 0.200. The summed E-state index contributed by atoms with van der Waals surface area (Å²) < 4.78 is 22.0. The zero-order chi connectivity index (χ0) is 20.3. The Morgan fingerprint density at radius 3 is 2.52 bits per heavy atom. The number of aromatic nitrogens is 2. The van der Waals surface area contributed by atoms with E-state index < -0.39 is 0 Å². The molecule has 0 atom stereocenters. The average Bonchev–Trinajstić information content (AvgIpc) is 3.05. The predicted octanol–water partition coefficient (Wildman–Crippen LogP) is 6.20. The van der Waals surface area contributed by atoms with Gasteiger partial charge >= 0.3 is 0 Å². The SMILES string of the molecule is Cc1ccc2c(oc3cc(F)ccc32)c1-c1c2ccc(C(C)C)cc2nc[n+]1C. The fourth-order valence-electron chi connectivity index (χ4n) is 4.13. The van der Waals surface area contributed by atoms with E-state index >= 15 is 0 Å². The molecular weight excluding hydrogens is 363 g/mol. The fourth-order valence-corrected chi connectivity index (χ4v) is 4.13. The van der Waals surface area contributed by atoms with Crippen LogP contribution in [-0.2, 0) is 7.05 Å². The van der Waals surface area contributed by atoms with Crippen molar-refractivity contribution in [3.63, 3.8) is 0 Å². The lowest BCUT2D eigenvalue weighted by molar-refractivity contribution is -0.662. The van der Waals surface area contributed by atoms with Crippen molar-refractivity contribution in [2.75, 3.05) is 0 Å². The second-order valence-electron chi connectivity index (χ2n) is 8.01. The van der Waals surface area contributed by atoms with Crippen molar-refractivity contribution in [1.82, 2.24) is 4.98 Å². The molecule has 0 amide bonds. The monoisotopic (exact) mass is 385 g/mol. The molecule has 0 saturated heterocycles. The zero-order valence-electron chi connectivity index (χ0n) is 17.0. The maximum atomic E-state index is 13.8. The van der Waals surface area contributed by atoms with Crippen LogP contribution in [0.4, 0.5) is 4.39 Å². The Hall–Kier alpha value is -3.27. The van der Waals surface area contributed by atoms with Crippen LogP contribution in [0.2, 0.25) is 0 Å². The lowest BCUT2D eigenvalue weighted by Gasteiger charge is -2.11. The van der Waals surface area contributed by atoms with Crippen LogP contribution in [0.25, 0.3) is 44.1 Å². The third-order valence-corrected chi connectivity index (χ3v) is 5.71. The van der Waals surface area contributed by atoms with E-state index in [4.69, 9.17) is 4.42 Å². The molecule has 144 valence electrons. The molecule has 0 spiro atoms. The summed E-state index contributed by atoms with van der Waals surface area (Å²) >= 11 is 0. The lowest BCUT2D eigenvalue weighted by Crippen LogP contribution is -2.32. The summed E-state index contributed by atoms with van der Waals surface area (Å²) in [7, 11) is 2.00. The van der Waals surface area contributed by atoms with Gasteiger partial charge in [0.15, 0.2) is 5.52 Å². The van der Waals surface area contributed by atoms with Crippen molar-refractivity contribution in [3.05, 3.63) is 71.8 Å².